The third-order valence-corrected chi connectivity index (χ3v) is 4.31. The van der Waals surface area contributed by atoms with Crippen molar-refractivity contribution in [3.8, 4) is 0 Å². The molecule has 0 radical (unpaired) electrons. The van der Waals surface area contributed by atoms with Crippen LogP contribution in [-0.4, -0.2) is 9.97 Å². The molecule has 21 heavy (non-hydrogen) atoms. The van der Waals surface area contributed by atoms with E-state index in [1.807, 2.05) is 11.4 Å². The Balaban J connectivity index is 2.01. The van der Waals surface area contributed by atoms with Crippen LogP contribution >= 0.6 is 27.3 Å². The maximum absolute atomic E-state index is 12.9. The highest BCUT2D eigenvalue weighted by Gasteiger charge is 2.33. The Morgan fingerprint density at radius 2 is 1.95 bits per heavy atom. The zero-order chi connectivity index (χ0) is 15.0. The monoisotopic (exact) mass is 373 g/mol. The van der Waals surface area contributed by atoms with E-state index in [1.165, 1.54) is 23.7 Å². The number of thiophene rings is 1. The van der Waals surface area contributed by atoms with E-state index in [4.69, 9.17) is 0 Å². The lowest BCUT2D eigenvalue weighted by atomic mass is 10.2. The zero-order valence-corrected chi connectivity index (χ0v) is 12.7. The standard InChI is InChI=1S/C13H7BrF3N3S/c14-10-2-1-7(5-9(10)13(15,16)17)20-11-8-3-4-21-12(8)19-6-18-11/h1-6H,(H,18,19,20). The van der Waals surface area contributed by atoms with Crippen molar-refractivity contribution in [2.45, 2.75) is 6.18 Å². The van der Waals surface area contributed by atoms with Crippen molar-refractivity contribution in [1.29, 1.82) is 0 Å². The Labute approximate surface area is 130 Å². The molecule has 1 N–H and O–H groups in total. The first kappa shape index (κ1) is 14.3. The number of benzene rings is 1. The summed E-state index contributed by atoms with van der Waals surface area (Å²) in [5.41, 5.74) is -0.417. The van der Waals surface area contributed by atoms with Crippen LogP contribution in [0.15, 0.2) is 40.4 Å². The quantitative estimate of drug-likeness (QED) is 0.669. The number of nitrogens with zero attached hydrogens (tertiary/aromatic N) is 2. The van der Waals surface area contributed by atoms with Crippen LogP contribution < -0.4 is 5.32 Å². The highest BCUT2D eigenvalue weighted by Crippen LogP contribution is 2.37. The fourth-order valence-corrected chi connectivity index (χ4v) is 3.05. The summed E-state index contributed by atoms with van der Waals surface area (Å²) in [4.78, 5) is 8.95. The molecule has 0 spiro atoms. The molecule has 3 nitrogen and oxygen atoms in total. The smallest absolute Gasteiger partial charge is 0.340 e. The average Bonchev–Trinajstić information content (AvgIpc) is 2.89. The molecule has 2 heterocycles. The first-order valence-electron chi connectivity index (χ1n) is 5.77. The lowest BCUT2D eigenvalue weighted by molar-refractivity contribution is -0.138. The summed E-state index contributed by atoms with van der Waals surface area (Å²) in [5.74, 6) is 0.483. The van der Waals surface area contributed by atoms with E-state index in [2.05, 4.69) is 31.2 Å². The van der Waals surface area contributed by atoms with E-state index in [0.717, 1.165) is 16.3 Å². The summed E-state index contributed by atoms with van der Waals surface area (Å²) in [6.07, 6.45) is -3.04. The van der Waals surface area contributed by atoms with Gasteiger partial charge >= 0.3 is 6.18 Å². The van der Waals surface area contributed by atoms with Gasteiger partial charge in [0.2, 0.25) is 0 Å². The van der Waals surface area contributed by atoms with Crippen molar-refractivity contribution >= 4 is 49.0 Å². The second-order valence-electron chi connectivity index (χ2n) is 4.18. The summed E-state index contributed by atoms with van der Waals surface area (Å²) in [6.45, 7) is 0. The Morgan fingerprint density at radius 3 is 2.71 bits per heavy atom. The van der Waals surface area contributed by atoms with Gasteiger partial charge in [0.15, 0.2) is 0 Å². The third kappa shape index (κ3) is 2.86. The van der Waals surface area contributed by atoms with E-state index < -0.39 is 11.7 Å². The molecule has 0 aliphatic rings. The van der Waals surface area contributed by atoms with Gasteiger partial charge in [0.1, 0.15) is 17.0 Å². The van der Waals surface area contributed by atoms with E-state index >= 15 is 0 Å². The predicted molar refractivity (Wildman–Crippen MR) is 79.8 cm³/mol. The molecule has 0 bridgehead atoms. The number of aromatic nitrogens is 2. The molecular weight excluding hydrogens is 367 g/mol. The summed E-state index contributed by atoms with van der Waals surface area (Å²) in [5, 5.41) is 5.54. The lowest BCUT2D eigenvalue weighted by Crippen LogP contribution is -2.07. The number of rotatable bonds is 2. The molecule has 0 saturated carbocycles. The molecule has 0 atom stereocenters. The van der Waals surface area contributed by atoms with Gasteiger partial charge in [-0.2, -0.15) is 13.2 Å². The van der Waals surface area contributed by atoms with Gasteiger partial charge in [-0.3, -0.25) is 0 Å². The van der Waals surface area contributed by atoms with Crippen molar-refractivity contribution in [3.05, 3.63) is 46.0 Å². The third-order valence-electron chi connectivity index (χ3n) is 2.80. The van der Waals surface area contributed by atoms with Crippen LogP contribution in [0, 0.1) is 0 Å². The van der Waals surface area contributed by atoms with Gasteiger partial charge in [0.05, 0.1) is 10.9 Å². The molecule has 108 valence electrons. The average molecular weight is 374 g/mol. The number of nitrogens with one attached hydrogen (secondary N) is 1. The minimum atomic E-state index is -4.42. The minimum Gasteiger partial charge on any atom is -0.340 e. The molecule has 3 rings (SSSR count). The molecule has 3 aromatic rings. The number of halogens is 4. The fourth-order valence-electron chi connectivity index (χ4n) is 1.85. The lowest BCUT2D eigenvalue weighted by Gasteiger charge is -2.12. The molecular formula is C13H7BrF3N3S. The first-order valence-corrected chi connectivity index (χ1v) is 7.44. The van der Waals surface area contributed by atoms with Crippen LogP contribution in [0.3, 0.4) is 0 Å². The molecule has 0 aliphatic heterocycles. The van der Waals surface area contributed by atoms with Gasteiger partial charge in [-0.1, -0.05) is 15.9 Å². The fraction of sp³-hybridized carbons (Fsp3) is 0.0769. The van der Waals surface area contributed by atoms with Gasteiger partial charge in [-0.05, 0) is 29.6 Å². The predicted octanol–water partition coefficient (Wildman–Crippen LogP) is 5.22. The molecule has 0 fully saturated rings. The van der Waals surface area contributed by atoms with E-state index in [0.29, 0.717) is 11.5 Å². The highest BCUT2D eigenvalue weighted by atomic mass is 79.9. The van der Waals surface area contributed by atoms with Gasteiger partial charge in [-0.15, -0.1) is 11.3 Å². The number of fused-ring (bicyclic) bond motifs is 1. The van der Waals surface area contributed by atoms with Crippen LogP contribution in [0.2, 0.25) is 0 Å². The first-order chi connectivity index (χ1) is 9.95. The number of alkyl halides is 3. The van der Waals surface area contributed by atoms with E-state index in [-0.39, 0.29) is 4.47 Å². The van der Waals surface area contributed by atoms with Gasteiger partial charge in [-0.25, -0.2) is 9.97 Å². The van der Waals surface area contributed by atoms with Gasteiger partial charge < -0.3 is 5.32 Å². The molecule has 1 aromatic carbocycles. The van der Waals surface area contributed by atoms with Crippen LogP contribution in [0.5, 0.6) is 0 Å². The molecule has 0 amide bonds. The summed E-state index contributed by atoms with van der Waals surface area (Å²) in [7, 11) is 0. The van der Waals surface area contributed by atoms with Crippen LogP contribution in [0.1, 0.15) is 5.56 Å². The molecule has 8 heteroatoms. The topological polar surface area (TPSA) is 37.8 Å². The molecule has 2 aromatic heterocycles. The largest absolute Gasteiger partial charge is 0.417 e. The Bertz CT molecular complexity index is 801. The Hall–Kier alpha value is -1.67. The minimum absolute atomic E-state index is 0.00363. The SMILES string of the molecule is FC(F)(F)c1cc(Nc2ncnc3sccc23)ccc1Br. The summed E-state index contributed by atoms with van der Waals surface area (Å²) < 4.78 is 38.7. The maximum Gasteiger partial charge on any atom is 0.417 e. The van der Waals surface area contributed by atoms with Gasteiger partial charge in [0.25, 0.3) is 0 Å². The van der Waals surface area contributed by atoms with Crippen molar-refractivity contribution in [2.24, 2.45) is 0 Å². The summed E-state index contributed by atoms with van der Waals surface area (Å²) >= 11 is 4.36. The zero-order valence-electron chi connectivity index (χ0n) is 10.3. The Kier molecular flexibility index (Phi) is 3.58. The number of hydrogen-bond donors (Lipinski definition) is 1. The van der Waals surface area contributed by atoms with Crippen molar-refractivity contribution in [1.82, 2.24) is 9.97 Å². The van der Waals surface area contributed by atoms with Crippen molar-refractivity contribution in [2.75, 3.05) is 5.32 Å². The van der Waals surface area contributed by atoms with Crippen LogP contribution in [0.4, 0.5) is 24.7 Å². The van der Waals surface area contributed by atoms with Crippen molar-refractivity contribution in [3.63, 3.8) is 0 Å². The van der Waals surface area contributed by atoms with E-state index in [1.54, 1.807) is 6.07 Å². The van der Waals surface area contributed by atoms with Crippen molar-refractivity contribution < 1.29 is 13.2 Å². The van der Waals surface area contributed by atoms with Gasteiger partial charge in [0, 0.05) is 10.2 Å². The Morgan fingerprint density at radius 1 is 1.14 bits per heavy atom. The second-order valence-corrected chi connectivity index (χ2v) is 5.93. The number of hydrogen-bond acceptors (Lipinski definition) is 4. The molecule has 0 unspecified atom stereocenters. The van der Waals surface area contributed by atoms with E-state index in [9.17, 15) is 13.2 Å². The molecule has 0 saturated heterocycles. The van der Waals surface area contributed by atoms with Crippen LogP contribution in [0.25, 0.3) is 10.2 Å². The highest BCUT2D eigenvalue weighted by molar-refractivity contribution is 9.10. The second kappa shape index (κ2) is 5.27. The van der Waals surface area contributed by atoms with Crippen LogP contribution in [-0.2, 0) is 6.18 Å². The maximum atomic E-state index is 12.9. The summed E-state index contributed by atoms with van der Waals surface area (Å²) in [6, 6.07) is 5.78. The normalized spacial score (nSPS) is 11.8. The molecule has 0 aliphatic carbocycles. The number of anilines is 2.